The Morgan fingerprint density at radius 2 is 0.895 bits per heavy atom. The van der Waals surface area contributed by atoms with E-state index in [4.69, 9.17) is 0 Å². The summed E-state index contributed by atoms with van der Waals surface area (Å²) in [6, 6.07) is 73.5. The molecule has 270 valence electrons. The number of benzene rings is 9. The third kappa shape index (κ3) is 5.36. The average Bonchev–Trinajstić information content (AvgIpc) is 3.77. The first-order chi connectivity index (χ1) is 28.0. The fraction of sp³-hybridized carbons (Fsp3) is 0.0545. The van der Waals surface area contributed by atoms with Crippen molar-refractivity contribution in [1.82, 2.24) is 0 Å². The van der Waals surface area contributed by atoms with Crippen molar-refractivity contribution in [3.63, 3.8) is 0 Å². The van der Waals surface area contributed by atoms with E-state index in [9.17, 15) is 0 Å². The molecular formula is C55H39NS. The maximum Gasteiger partial charge on any atom is 0.0540 e. The molecule has 1 aliphatic carbocycles. The van der Waals surface area contributed by atoms with Crippen LogP contribution in [0.1, 0.15) is 25.0 Å². The van der Waals surface area contributed by atoms with Crippen LogP contribution in [0.2, 0.25) is 0 Å². The first kappa shape index (κ1) is 33.6. The van der Waals surface area contributed by atoms with Crippen LogP contribution in [0.3, 0.4) is 0 Å². The Hall–Kier alpha value is -6.74. The Bertz CT molecular complexity index is 3120. The van der Waals surface area contributed by atoms with Gasteiger partial charge in [0.15, 0.2) is 0 Å². The molecule has 2 heteroatoms. The Balaban J connectivity index is 1.05. The fourth-order valence-corrected chi connectivity index (χ4v) is 10.7. The third-order valence-electron chi connectivity index (χ3n) is 12.1. The molecule has 0 N–H and O–H groups in total. The quantitative estimate of drug-likeness (QED) is 0.164. The molecule has 1 aromatic heterocycles. The zero-order valence-electron chi connectivity index (χ0n) is 31.9. The molecule has 0 unspecified atom stereocenters. The number of hydrogen-bond acceptors (Lipinski definition) is 2. The maximum absolute atomic E-state index is 2.41. The minimum atomic E-state index is -0.0180. The smallest absolute Gasteiger partial charge is 0.0540 e. The van der Waals surface area contributed by atoms with E-state index in [1.54, 1.807) is 0 Å². The molecule has 1 nitrogen and oxygen atoms in total. The monoisotopic (exact) mass is 745 g/mol. The molecule has 0 saturated heterocycles. The molecule has 9 aromatic carbocycles. The van der Waals surface area contributed by atoms with Gasteiger partial charge in [0.2, 0.25) is 0 Å². The van der Waals surface area contributed by atoms with Crippen molar-refractivity contribution in [1.29, 1.82) is 0 Å². The molecule has 1 heterocycles. The molecule has 0 spiro atoms. The van der Waals surface area contributed by atoms with E-state index in [-0.39, 0.29) is 5.41 Å². The summed E-state index contributed by atoms with van der Waals surface area (Å²) in [7, 11) is 0. The van der Waals surface area contributed by atoms with Crippen molar-refractivity contribution in [3.05, 3.63) is 211 Å². The number of anilines is 3. The van der Waals surface area contributed by atoms with Crippen LogP contribution in [0, 0.1) is 0 Å². The van der Waals surface area contributed by atoms with Gasteiger partial charge < -0.3 is 4.90 Å². The van der Waals surface area contributed by atoms with Crippen molar-refractivity contribution in [2.24, 2.45) is 0 Å². The van der Waals surface area contributed by atoms with E-state index in [1.807, 2.05) is 11.3 Å². The van der Waals surface area contributed by atoms with Gasteiger partial charge in [-0.25, -0.2) is 0 Å². The molecule has 57 heavy (non-hydrogen) atoms. The zero-order chi connectivity index (χ0) is 38.1. The molecule has 0 atom stereocenters. The highest BCUT2D eigenvalue weighted by Crippen LogP contribution is 2.54. The molecule has 0 saturated carbocycles. The average molecular weight is 746 g/mol. The van der Waals surface area contributed by atoms with E-state index < -0.39 is 0 Å². The van der Waals surface area contributed by atoms with E-state index in [2.05, 4.69) is 219 Å². The van der Waals surface area contributed by atoms with Crippen molar-refractivity contribution in [2.45, 2.75) is 19.3 Å². The van der Waals surface area contributed by atoms with Crippen LogP contribution in [0.5, 0.6) is 0 Å². The summed E-state index contributed by atoms with van der Waals surface area (Å²) in [6.45, 7) is 4.73. The third-order valence-corrected chi connectivity index (χ3v) is 13.4. The normalized spacial score (nSPS) is 12.9. The molecule has 0 radical (unpaired) electrons. The number of fused-ring (bicyclic) bond motifs is 8. The predicted molar refractivity (Wildman–Crippen MR) is 245 cm³/mol. The van der Waals surface area contributed by atoms with Crippen LogP contribution in [0.25, 0.3) is 75.5 Å². The van der Waals surface area contributed by atoms with Gasteiger partial charge in [0.25, 0.3) is 0 Å². The summed E-state index contributed by atoms with van der Waals surface area (Å²) >= 11 is 1.95. The lowest BCUT2D eigenvalue weighted by Crippen LogP contribution is -2.14. The van der Waals surface area contributed by atoms with Gasteiger partial charge >= 0.3 is 0 Å². The van der Waals surface area contributed by atoms with Gasteiger partial charge in [0.1, 0.15) is 0 Å². The van der Waals surface area contributed by atoms with E-state index in [0.29, 0.717) is 0 Å². The summed E-state index contributed by atoms with van der Waals surface area (Å²) in [5.74, 6) is 0. The Morgan fingerprint density at radius 3 is 1.63 bits per heavy atom. The molecule has 11 rings (SSSR count). The molecule has 0 aliphatic heterocycles. The molecule has 10 aromatic rings. The van der Waals surface area contributed by atoms with Crippen LogP contribution in [0.15, 0.2) is 200 Å². The van der Waals surface area contributed by atoms with Gasteiger partial charge in [-0.2, -0.15) is 0 Å². The lowest BCUT2D eigenvalue weighted by molar-refractivity contribution is 0.661. The first-order valence-corrected chi connectivity index (χ1v) is 20.6. The molecule has 0 amide bonds. The van der Waals surface area contributed by atoms with Gasteiger partial charge in [-0.3, -0.25) is 0 Å². The van der Waals surface area contributed by atoms with E-state index in [0.717, 1.165) is 17.1 Å². The maximum atomic E-state index is 2.41. The molecular weight excluding hydrogens is 707 g/mol. The molecule has 0 fully saturated rings. The Kier molecular flexibility index (Phi) is 7.77. The van der Waals surface area contributed by atoms with Crippen molar-refractivity contribution in [3.8, 4) is 44.5 Å². The summed E-state index contributed by atoms with van der Waals surface area (Å²) in [5.41, 5.74) is 16.4. The van der Waals surface area contributed by atoms with Crippen molar-refractivity contribution >= 4 is 59.3 Å². The van der Waals surface area contributed by atoms with Gasteiger partial charge in [-0.15, -0.1) is 11.3 Å². The zero-order valence-corrected chi connectivity index (χ0v) is 32.7. The van der Waals surface area contributed by atoms with Crippen LogP contribution in [0.4, 0.5) is 17.1 Å². The minimum absolute atomic E-state index is 0.0180. The lowest BCUT2D eigenvalue weighted by Gasteiger charge is -2.28. The highest BCUT2D eigenvalue weighted by Gasteiger charge is 2.36. The second-order valence-electron chi connectivity index (χ2n) is 15.7. The van der Waals surface area contributed by atoms with Crippen LogP contribution < -0.4 is 4.90 Å². The highest BCUT2D eigenvalue weighted by molar-refractivity contribution is 7.27. The molecule has 0 bridgehead atoms. The Morgan fingerprint density at radius 1 is 0.351 bits per heavy atom. The largest absolute Gasteiger partial charge is 0.310 e. The standard InChI is InChI=1S/C55H39NS/c1-55(2)49-23-12-11-20-48(49)52-50(55)34-32-47-46-22-13-21-43(53(46)57-54(47)52)39-26-30-41(31-27-39)56(40-28-24-37(25-29-40)36-14-5-3-6-15-36)51-35-33-42(38-16-7-4-8-17-38)44-18-9-10-19-45(44)51/h3-35H,1-2H3. The summed E-state index contributed by atoms with van der Waals surface area (Å²) in [5, 5.41) is 5.11. The topological polar surface area (TPSA) is 3.24 Å². The first-order valence-electron chi connectivity index (χ1n) is 19.8. The number of nitrogens with zero attached hydrogens (tertiary/aromatic N) is 1. The second-order valence-corrected chi connectivity index (χ2v) is 16.7. The van der Waals surface area contributed by atoms with Crippen LogP contribution in [-0.4, -0.2) is 0 Å². The van der Waals surface area contributed by atoms with Crippen LogP contribution >= 0.6 is 11.3 Å². The Labute approximate surface area is 337 Å². The van der Waals surface area contributed by atoms with E-state index in [1.165, 1.54) is 86.6 Å². The minimum Gasteiger partial charge on any atom is -0.310 e. The number of hydrogen-bond donors (Lipinski definition) is 0. The summed E-state index contributed by atoms with van der Waals surface area (Å²) in [4.78, 5) is 2.41. The predicted octanol–water partition coefficient (Wildman–Crippen LogP) is 16.0. The van der Waals surface area contributed by atoms with Crippen molar-refractivity contribution < 1.29 is 0 Å². The summed E-state index contributed by atoms with van der Waals surface area (Å²) in [6.07, 6.45) is 0. The lowest BCUT2D eigenvalue weighted by atomic mass is 9.82. The van der Waals surface area contributed by atoms with Crippen LogP contribution in [-0.2, 0) is 5.41 Å². The van der Waals surface area contributed by atoms with Gasteiger partial charge in [-0.05, 0) is 85.8 Å². The van der Waals surface area contributed by atoms with Gasteiger partial charge in [-0.1, -0.05) is 184 Å². The van der Waals surface area contributed by atoms with Gasteiger partial charge in [0, 0.05) is 47.9 Å². The molecule has 1 aliphatic rings. The number of thiophene rings is 1. The van der Waals surface area contributed by atoms with E-state index >= 15 is 0 Å². The van der Waals surface area contributed by atoms with Gasteiger partial charge in [0.05, 0.1) is 5.69 Å². The fourth-order valence-electron chi connectivity index (χ4n) is 9.27. The number of rotatable bonds is 6. The SMILES string of the molecule is CC1(C)c2ccccc2-c2c1ccc1c2sc2c(-c3ccc(N(c4ccc(-c5ccccc5)cc4)c4ccc(-c5ccccc5)c5ccccc45)cc3)cccc21. The highest BCUT2D eigenvalue weighted by atomic mass is 32.1. The summed E-state index contributed by atoms with van der Waals surface area (Å²) < 4.78 is 2.73. The van der Waals surface area contributed by atoms with Crippen molar-refractivity contribution in [2.75, 3.05) is 4.90 Å². The second kappa shape index (κ2) is 13.2.